The second-order valence-corrected chi connectivity index (χ2v) is 9.36. The molecule has 11 heteroatoms. The molecule has 40 heavy (non-hydrogen) atoms. The number of aromatic nitrogens is 1. The van der Waals surface area contributed by atoms with Crippen LogP contribution in [0.25, 0.3) is 0 Å². The normalized spacial score (nSPS) is 11.7. The Morgan fingerprint density at radius 3 is 2.25 bits per heavy atom. The number of amides is 2. The van der Waals surface area contributed by atoms with Gasteiger partial charge in [-0.15, -0.1) is 0 Å². The molecule has 1 atom stereocenters. The van der Waals surface area contributed by atoms with E-state index in [0.717, 1.165) is 43.7 Å². The first-order valence-corrected chi connectivity index (χ1v) is 14.0. The number of rotatable bonds is 14. The second-order valence-electron chi connectivity index (χ2n) is 9.00. The van der Waals surface area contributed by atoms with Crippen LogP contribution in [0.5, 0.6) is 5.75 Å². The number of anilines is 1. The van der Waals surface area contributed by atoms with E-state index in [1.807, 2.05) is 13.8 Å². The van der Waals surface area contributed by atoms with Gasteiger partial charge in [-0.1, -0.05) is 57.3 Å². The third-order valence-corrected chi connectivity index (χ3v) is 6.46. The Balaban J connectivity index is 0.00000391. The highest BCUT2D eigenvalue weighted by atomic mass is 35.5. The highest BCUT2D eigenvalue weighted by Crippen LogP contribution is 2.37. The number of methoxy groups -OCH3 is 1. The summed E-state index contributed by atoms with van der Waals surface area (Å²) in [5.74, 6) is -2.57. The predicted octanol–water partition coefficient (Wildman–Crippen LogP) is 6.71. The van der Waals surface area contributed by atoms with Gasteiger partial charge in [0.05, 0.1) is 12.7 Å². The van der Waals surface area contributed by atoms with Crippen LogP contribution < -0.4 is 15.0 Å². The van der Waals surface area contributed by atoms with Crippen LogP contribution in [-0.4, -0.2) is 68.7 Å². The average Bonchev–Trinajstić information content (AvgIpc) is 2.94. The number of alkyl halides is 3. The van der Waals surface area contributed by atoms with E-state index in [1.54, 1.807) is 12.1 Å². The minimum atomic E-state index is -4.71. The van der Waals surface area contributed by atoms with Crippen LogP contribution in [0.2, 0.25) is 5.15 Å². The molecule has 0 spiro atoms. The van der Waals surface area contributed by atoms with Crippen molar-refractivity contribution in [1.82, 2.24) is 15.2 Å². The lowest BCUT2D eigenvalue weighted by molar-refractivity contribution is -0.171. The van der Waals surface area contributed by atoms with Crippen molar-refractivity contribution in [2.45, 2.75) is 65.0 Å². The molecule has 2 amide bonds. The number of carbonyl (C=O) groups excluding carboxylic acids is 2. The number of ether oxygens (including phenoxy) is 1. The zero-order chi connectivity index (χ0) is 30.3. The largest absolute Gasteiger partial charge is 0.497 e. The average molecular weight is 587 g/mol. The lowest BCUT2D eigenvalue weighted by atomic mass is 9.96. The zero-order valence-electron chi connectivity index (χ0n) is 24.3. The quantitative estimate of drug-likeness (QED) is 0.197. The van der Waals surface area contributed by atoms with Crippen molar-refractivity contribution >= 4 is 29.2 Å². The molecular weight excluding hydrogens is 545 g/mol. The number of unbranched alkanes of at least 4 members (excludes halogenated alkanes) is 3. The van der Waals surface area contributed by atoms with Gasteiger partial charge in [0.1, 0.15) is 16.7 Å². The number of pyridine rings is 1. The fourth-order valence-electron chi connectivity index (χ4n) is 4.14. The molecule has 0 saturated heterocycles. The number of hydrogen-bond donors (Lipinski definition) is 1. The first-order chi connectivity index (χ1) is 19.0. The second kappa shape index (κ2) is 17.6. The maximum absolute atomic E-state index is 13.8. The van der Waals surface area contributed by atoms with E-state index in [4.69, 9.17) is 16.3 Å². The number of nitrogens with one attached hydrogen (secondary N) is 1. The number of nitrogens with zero attached hydrogens (tertiary/aromatic N) is 3. The molecule has 2 aromatic rings. The molecule has 1 aromatic heterocycles. The van der Waals surface area contributed by atoms with Crippen molar-refractivity contribution in [3.63, 3.8) is 0 Å². The van der Waals surface area contributed by atoms with Gasteiger partial charge in [-0.3, -0.25) is 9.59 Å². The van der Waals surface area contributed by atoms with Gasteiger partial charge in [-0.05, 0) is 49.1 Å². The molecule has 1 heterocycles. The summed E-state index contributed by atoms with van der Waals surface area (Å²) in [4.78, 5) is 32.2. The molecule has 1 unspecified atom stereocenters. The maximum Gasteiger partial charge on any atom is 0.404 e. The molecule has 0 aliphatic rings. The first-order valence-electron chi connectivity index (χ1n) is 13.6. The number of benzene rings is 1. The Labute approximate surface area is 241 Å². The molecular formula is C29H42ClF3N4O3. The lowest BCUT2D eigenvalue weighted by Crippen LogP contribution is -2.39. The van der Waals surface area contributed by atoms with Crippen molar-refractivity contribution in [3.05, 3.63) is 52.7 Å². The number of hydrogen-bond acceptors (Lipinski definition) is 5. The highest BCUT2D eigenvalue weighted by molar-refractivity contribution is 6.32. The van der Waals surface area contributed by atoms with Crippen LogP contribution in [0.3, 0.4) is 0 Å². The summed E-state index contributed by atoms with van der Waals surface area (Å²) in [7, 11) is 4.30. The third kappa shape index (κ3) is 10.5. The molecule has 1 aromatic carbocycles. The van der Waals surface area contributed by atoms with Crippen LogP contribution in [0.4, 0.5) is 19.0 Å². The van der Waals surface area contributed by atoms with Crippen LogP contribution in [0.15, 0.2) is 36.4 Å². The molecule has 1 N–H and O–H groups in total. The highest BCUT2D eigenvalue weighted by Gasteiger charge is 2.47. The molecule has 0 aliphatic carbocycles. The van der Waals surface area contributed by atoms with Gasteiger partial charge >= 0.3 is 6.18 Å². The number of carbonyl (C=O) groups is 2. The van der Waals surface area contributed by atoms with Gasteiger partial charge in [0.2, 0.25) is 5.91 Å². The fraction of sp³-hybridized carbons (Fsp3) is 0.552. The minimum Gasteiger partial charge on any atom is -0.497 e. The SMILES string of the molecule is CC.CCCN(CCCCCCN(C)C(=O)C(c1cccc(OC)c1)C(F)(F)F)c1ccc(C(=O)NC)c(Cl)n1. The summed E-state index contributed by atoms with van der Waals surface area (Å²) in [6, 6.07) is 8.95. The smallest absolute Gasteiger partial charge is 0.404 e. The van der Waals surface area contributed by atoms with Gasteiger partial charge in [-0.25, -0.2) is 4.98 Å². The standard InChI is InChI=1S/C27H36ClF3N4O3.C2H6/c1-5-15-35(22-14-13-21(24(28)33-22)25(36)32-2)17-9-7-6-8-16-34(3)26(37)23(27(29,30)31)19-11-10-12-20(18-19)38-4;1-2/h10-14,18,23H,5-9,15-17H2,1-4H3,(H,32,36);1-2H3. The predicted molar refractivity (Wildman–Crippen MR) is 154 cm³/mol. The van der Waals surface area contributed by atoms with Crippen molar-refractivity contribution in [2.75, 3.05) is 45.7 Å². The van der Waals surface area contributed by atoms with Crippen molar-refractivity contribution in [2.24, 2.45) is 0 Å². The van der Waals surface area contributed by atoms with Gasteiger partial charge in [0, 0.05) is 33.7 Å². The summed E-state index contributed by atoms with van der Waals surface area (Å²) in [5, 5.41) is 2.67. The maximum atomic E-state index is 13.8. The molecule has 0 bridgehead atoms. The third-order valence-electron chi connectivity index (χ3n) is 6.17. The van der Waals surface area contributed by atoms with E-state index in [9.17, 15) is 22.8 Å². The Hall–Kier alpha value is -3.01. The summed E-state index contributed by atoms with van der Waals surface area (Å²) >= 11 is 6.20. The Morgan fingerprint density at radius 2 is 1.70 bits per heavy atom. The molecule has 0 saturated carbocycles. The molecule has 0 radical (unpaired) electrons. The van der Waals surface area contributed by atoms with Crippen molar-refractivity contribution < 1.29 is 27.5 Å². The van der Waals surface area contributed by atoms with Crippen molar-refractivity contribution in [1.29, 1.82) is 0 Å². The molecule has 224 valence electrons. The van der Waals surface area contributed by atoms with E-state index in [2.05, 4.69) is 22.1 Å². The molecule has 0 fully saturated rings. The monoisotopic (exact) mass is 586 g/mol. The van der Waals surface area contributed by atoms with E-state index in [0.29, 0.717) is 17.8 Å². The summed E-state index contributed by atoms with van der Waals surface area (Å²) in [6.07, 6.45) is -0.790. The van der Waals surface area contributed by atoms with Gasteiger partial charge in [0.25, 0.3) is 5.91 Å². The van der Waals surface area contributed by atoms with E-state index < -0.39 is 18.0 Å². The molecule has 0 aliphatic heterocycles. The summed E-state index contributed by atoms with van der Waals surface area (Å²) in [6.45, 7) is 7.77. The summed E-state index contributed by atoms with van der Waals surface area (Å²) in [5.41, 5.74) is 0.175. The topological polar surface area (TPSA) is 74.8 Å². The van der Waals surface area contributed by atoms with Gasteiger partial charge < -0.3 is 19.9 Å². The Morgan fingerprint density at radius 1 is 1.05 bits per heavy atom. The Kier molecular flexibility index (Phi) is 15.4. The van der Waals surface area contributed by atoms with Crippen LogP contribution in [0, 0.1) is 0 Å². The Bertz CT molecular complexity index is 1070. The van der Waals surface area contributed by atoms with E-state index in [1.165, 1.54) is 45.5 Å². The van der Waals surface area contributed by atoms with Crippen molar-refractivity contribution in [3.8, 4) is 5.75 Å². The minimum absolute atomic E-state index is 0.137. The summed E-state index contributed by atoms with van der Waals surface area (Å²) < 4.78 is 46.4. The van der Waals surface area contributed by atoms with Crippen LogP contribution in [0.1, 0.15) is 74.7 Å². The molecule has 7 nitrogen and oxygen atoms in total. The first kappa shape index (κ1) is 35.0. The van der Waals surface area contributed by atoms with Crippen LogP contribution >= 0.6 is 11.6 Å². The van der Waals surface area contributed by atoms with E-state index in [-0.39, 0.29) is 28.9 Å². The number of halogens is 4. The lowest BCUT2D eigenvalue weighted by Gasteiger charge is -2.26. The van der Waals surface area contributed by atoms with E-state index >= 15 is 0 Å². The fourth-order valence-corrected chi connectivity index (χ4v) is 4.38. The zero-order valence-corrected chi connectivity index (χ0v) is 25.0. The van der Waals surface area contributed by atoms with Crippen LogP contribution in [-0.2, 0) is 4.79 Å². The molecule has 2 rings (SSSR count). The van der Waals surface area contributed by atoms with Gasteiger partial charge in [0.15, 0.2) is 5.92 Å². The van der Waals surface area contributed by atoms with Gasteiger partial charge in [-0.2, -0.15) is 13.2 Å². The number of likely N-dealkylation sites (N-methyl/N-ethyl adjacent to an activating group) is 1.